The number of nitrogens with one attached hydrogen (secondary N) is 1. The van der Waals surface area contributed by atoms with E-state index in [1.807, 2.05) is 0 Å². The lowest BCUT2D eigenvalue weighted by Gasteiger charge is -2.20. The number of amides is 2. The largest absolute Gasteiger partial charge is 0.496 e. The van der Waals surface area contributed by atoms with Gasteiger partial charge in [-0.2, -0.15) is 0 Å². The Morgan fingerprint density at radius 3 is 2.52 bits per heavy atom. The molecular weight excluding hydrogens is 272 g/mol. The third-order valence-corrected chi connectivity index (χ3v) is 3.03. The van der Waals surface area contributed by atoms with Gasteiger partial charge >= 0.3 is 0 Å². The van der Waals surface area contributed by atoms with E-state index in [0.29, 0.717) is 37.6 Å². The molecule has 6 heteroatoms. The Bertz CT molecular complexity index is 476. The number of para-hydroxylation sites is 1. The standard InChI is InChI=1S/C15H22N2O4/c1-12(18)17(10-11-20-2)9-8-16-15(19)13-6-4-5-7-14(13)21-3/h4-7H,8-11H2,1-3H3,(H,16,19). The van der Waals surface area contributed by atoms with Gasteiger partial charge in [-0.3, -0.25) is 9.59 Å². The second-order valence-corrected chi connectivity index (χ2v) is 4.46. The van der Waals surface area contributed by atoms with Gasteiger partial charge in [0.15, 0.2) is 0 Å². The van der Waals surface area contributed by atoms with Gasteiger partial charge in [-0.25, -0.2) is 0 Å². The van der Waals surface area contributed by atoms with Crippen LogP contribution in [0.1, 0.15) is 17.3 Å². The number of carbonyl (C=O) groups excluding carboxylic acids is 2. The lowest BCUT2D eigenvalue weighted by Crippen LogP contribution is -2.39. The molecule has 1 aromatic carbocycles. The van der Waals surface area contributed by atoms with E-state index in [4.69, 9.17) is 9.47 Å². The van der Waals surface area contributed by atoms with Gasteiger partial charge in [-0.1, -0.05) is 12.1 Å². The van der Waals surface area contributed by atoms with Crippen LogP contribution in [0.25, 0.3) is 0 Å². The van der Waals surface area contributed by atoms with Gasteiger partial charge in [0.05, 0.1) is 19.3 Å². The molecule has 116 valence electrons. The topological polar surface area (TPSA) is 67.9 Å². The van der Waals surface area contributed by atoms with Crippen molar-refractivity contribution in [3.05, 3.63) is 29.8 Å². The van der Waals surface area contributed by atoms with Gasteiger partial charge in [0.25, 0.3) is 5.91 Å². The van der Waals surface area contributed by atoms with Crippen LogP contribution < -0.4 is 10.1 Å². The molecule has 0 bridgehead atoms. The second kappa shape index (κ2) is 8.97. The summed E-state index contributed by atoms with van der Waals surface area (Å²) < 4.78 is 10.1. The maximum absolute atomic E-state index is 12.1. The van der Waals surface area contributed by atoms with Gasteiger partial charge in [-0.05, 0) is 12.1 Å². The summed E-state index contributed by atoms with van der Waals surface area (Å²) in [5.41, 5.74) is 0.478. The molecule has 0 saturated heterocycles. The maximum atomic E-state index is 12.1. The zero-order valence-electron chi connectivity index (χ0n) is 12.7. The minimum atomic E-state index is -0.220. The zero-order valence-corrected chi connectivity index (χ0v) is 12.7. The first-order chi connectivity index (χ1) is 10.1. The van der Waals surface area contributed by atoms with Crippen molar-refractivity contribution < 1.29 is 19.1 Å². The second-order valence-electron chi connectivity index (χ2n) is 4.46. The van der Waals surface area contributed by atoms with Crippen LogP contribution in [0.2, 0.25) is 0 Å². The van der Waals surface area contributed by atoms with Gasteiger partial charge in [0, 0.05) is 33.7 Å². The highest BCUT2D eigenvalue weighted by molar-refractivity contribution is 5.96. The molecule has 2 amide bonds. The van der Waals surface area contributed by atoms with Crippen LogP contribution in [-0.2, 0) is 9.53 Å². The highest BCUT2D eigenvalue weighted by Crippen LogP contribution is 2.16. The smallest absolute Gasteiger partial charge is 0.255 e. The SMILES string of the molecule is COCCN(CCNC(=O)c1ccccc1OC)C(C)=O. The predicted octanol–water partition coefficient (Wildman–Crippen LogP) is 0.920. The van der Waals surface area contributed by atoms with Crippen molar-refractivity contribution in [2.45, 2.75) is 6.92 Å². The summed E-state index contributed by atoms with van der Waals surface area (Å²) in [6.45, 7) is 3.30. The van der Waals surface area contributed by atoms with Crippen LogP contribution in [0.3, 0.4) is 0 Å². The number of benzene rings is 1. The Balaban J connectivity index is 2.50. The molecule has 0 aromatic heterocycles. The third kappa shape index (κ3) is 5.43. The van der Waals surface area contributed by atoms with Crippen LogP contribution in [0.5, 0.6) is 5.75 Å². The molecule has 0 unspecified atom stereocenters. The molecule has 0 heterocycles. The maximum Gasteiger partial charge on any atom is 0.255 e. The monoisotopic (exact) mass is 294 g/mol. The van der Waals surface area contributed by atoms with E-state index < -0.39 is 0 Å². The van der Waals surface area contributed by atoms with Crippen molar-refractivity contribution in [1.29, 1.82) is 0 Å². The number of hydrogen-bond donors (Lipinski definition) is 1. The Hall–Kier alpha value is -2.08. The molecule has 21 heavy (non-hydrogen) atoms. The van der Waals surface area contributed by atoms with Gasteiger partial charge in [0.1, 0.15) is 5.75 Å². The van der Waals surface area contributed by atoms with Crippen LogP contribution in [-0.4, -0.2) is 57.2 Å². The van der Waals surface area contributed by atoms with Crippen molar-refractivity contribution in [2.75, 3.05) is 40.5 Å². The Morgan fingerprint density at radius 2 is 1.90 bits per heavy atom. The van der Waals surface area contributed by atoms with E-state index in [2.05, 4.69) is 5.32 Å². The van der Waals surface area contributed by atoms with Crippen LogP contribution in [0.15, 0.2) is 24.3 Å². The minimum absolute atomic E-state index is 0.0430. The molecule has 1 rings (SSSR count). The lowest BCUT2D eigenvalue weighted by atomic mass is 10.2. The third-order valence-electron chi connectivity index (χ3n) is 3.03. The molecule has 0 atom stereocenters. The zero-order chi connectivity index (χ0) is 15.7. The normalized spacial score (nSPS) is 10.0. The van der Waals surface area contributed by atoms with Crippen molar-refractivity contribution >= 4 is 11.8 Å². The first kappa shape index (κ1) is 17.0. The fraction of sp³-hybridized carbons (Fsp3) is 0.467. The number of hydrogen-bond acceptors (Lipinski definition) is 4. The van der Waals surface area contributed by atoms with E-state index in [0.717, 1.165) is 0 Å². The van der Waals surface area contributed by atoms with E-state index in [1.165, 1.54) is 14.0 Å². The Kier molecular flexibility index (Phi) is 7.25. The Morgan fingerprint density at radius 1 is 1.19 bits per heavy atom. The number of methoxy groups -OCH3 is 2. The van der Waals surface area contributed by atoms with Crippen molar-refractivity contribution in [3.63, 3.8) is 0 Å². The fourth-order valence-electron chi connectivity index (χ4n) is 1.86. The van der Waals surface area contributed by atoms with E-state index in [-0.39, 0.29) is 11.8 Å². The summed E-state index contributed by atoms with van der Waals surface area (Å²) in [7, 11) is 3.11. The van der Waals surface area contributed by atoms with Crippen molar-refractivity contribution in [1.82, 2.24) is 10.2 Å². The molecule has 0 radical (unpaired) electrons. The molecule has 0 spiro atoms. The molecule has 0 aliphatic carbocycles. The average molecular weight is 294 g/mol. The minimum Gasteiger partial charge on any atom is -0.496 e. The van der Waals surface area contributed by atoms with Crippen molar-refractivity contribution in [3.8, 4) is 5.75 Å². The Labute approximate surface area is 125 Å². The number of rotatable bonds is 8. The molecular formula is C15H22N2O4. The summed E-state index contributed by atoms with van der Waals surface area (Å²) in [6, 6.07) is 7.01. The molecule has 0 aliphatic rings. The first-order valence-electron chi connectivity index (χ1n) is 6.75. The predicted molar refractivity (Wildman–Crippen MR) is 79.5 cm³/mol. The summed E-state index contributed by atoms with van der Waals surface area (Å²) in [4.78, 5) is 25.1. The summed E-state index contributed by atoms with van der Waals surface area (Å²) in [6.07, 6.45) is 0. The average Bonchev–Trinajstić information content (AvgIpc) is 2.50. The summed E-state index contributed by atoms with van der Waals surface area (Å²) >= 11 is 0. The fourth-order valence-corrected chi connectivity index (χ4v) is 1.86. The highest BCUT2D eigenvalue weighted by atomic mass is 16.5. The number of nitrogens with zero attached hydrogens (tertiary/aromatic N) is 1. The van der Waals surface area contributed by atoms with Crippen LogP contribution in [0, 0.1) is 0 Å². The number of carbonyl (C=O) groups is 2. The highest BCUT2D eigenvalue weighted by Gasteiger charge is 2.12. The lowest BCUT2D eigenvalue weighted by molar-refractivity contribution is -0.129. The van der Waals surface area contributed by atoms with Gasteiger partial charge in [0.2, 0.25) is 5.91 Å². The van der Waals surface area contributed by atoms with Gasteiger partial charge in [-0.15, -0.1) is 0 Å². The van der Waals surface area contributed by atoms with Crippen LogP contribution >= 0.6 is 0 Å². The molecule has 0 saturated carbocycles. The van der Waals surface area contributed by atoms with Gasteiger partial charge < -0.3 is 19.7 Å². The van der Waals surface area contributed by atoms with E-state index in [9.17, 15) is 9.59 Å². The molecule has 0 fully saturated rings. The van der Waals surface area contributed by atoms with Crippen LogP contribution in [0.4, 0.5) is 0 Å². The first-order valence-corrected chi connectivity index (χ1v) is 6.75. The van der Waals surface area contributed by atoms with Crippen molar-refractivity contribution in [2.24, 2.45) is 0 Å². The van der Waals surface area contributed by atoms with E-state index >= 15 is 0 Å². The summed E-state index contributed by atoms with van der Waals surface area (Å²) in [5, 5.41) is 2.78. The molecule has 6 nitrogen and oxygen atoms in total. The van der Waals surface area contributed by atoms with E-state index in [1.54, 1.807) is 36.3 Å². The quantitative estimate of drug-likeness (QED) is 0.774. The number of ether oxygens (including phenoxy) is 2. The summed E-state index contributed by atoms with van der Waals surface area (Å²) in [5.74, 6) is 0.263. The molecule has 0 aliphatic heterocycles. The molecule has 1 aromatic rings. The molecule has 1 N–H and O–H groups in total.